The molecule has 27 heavy (non-hydrogen) atoms. The van der Waals surface area contributed by atoms with Gasteiger partial charge >= 0.3 is 0 Å². The van der Waals surface area contributed by atoms with Crippen molar-refractivity contribution in [2.75, 3.05) is 6.61 Å². The Morgan fingerprint density at radius 2 is 1.81 bits per heavy atom. The van der Waals surface area contributed by atoms with E-state index in [-0.39, 0.29) is 30.4 Å². The highest BCUT2D eigenvalue weighted by Crippen LogP contribution is 2.31. The molecular formula is C22H26N2O3. The second-order valence-electron chi connectivity index (χ2n) is 7.09. The summed E-state index contributed by atoms with van der Waals surface area (Å²) in [5, 5.41) is 12.7. The fourth-order valence-corrected chi connectivity index (χ4v) is 3.51. The largest absolute Gasteiger partial charge is 0.394 e. The first kappa shape index (κ1) is 19.1. The Kier molecular flexibility index (Phi) is 5.91. The van der Waals surface area contributed by atoms with Crippen LogP contribution in [0.4, 0.5) is 0 Å². The molecule has 2 aromatic carbocycles. The molecule has 0 fully saturated rings. The highest BCUT2D eigenvalue weighted by atomic mass is 16.3. The third kappa shape index (κ3) is 3.88. The lowest BCUT2D eigenvalue weighted by atomic mass is 9.98. The van der Waals surface area contributed by atoms with E-state index >= 15 is 0 Å². The first-order valence-electron chi connectivity index (χ1n) is 9.41. The number of fused-ring (bicyclic) bond motifs is 1. The number of carbonyl (C=O) groups excluding carboxylic acids is 2. The lowest BCUT2D eigenvalue weighted by Crippen LogP contribution is -2.48. The van der Waals surface area contributed by atoms with Crippen molar-refractivity contribution in [3.8, 4) is 0 Å². The van der Waals surface area contributed by atoms with Crippen LogP contribution in [-0.4, -0.2) is 34.5 Å². The number of nitrogens with one attached hydrogen (secondary N) is 1. The standard InChI is InChI=1S/C22H26N2O3/c1-3-15(2)19(14-25)23-21(26)20(16-9-5-4-6-10-16)24-13-17-11-7-8-12-18(17)22(24)27/h4-12,15,19-20,25H,3,13-14H2,1-2H3,(H,23,26)/t15-,19+,20-/m0/s1. The van der Waals surface area contributed by atoms with E-state index in [1.807, 2.05) is 62.4 Å². The van der Waals surface area contributed by atoms with Crippen molar-refractivity contribution in [3.05, 3.63) is 71.3 Å². The minimum Gasteiger partial charge on any atom is -0.394 e. The van der Waals surface area contributed by atoms with Crippen molar-refractivity contribution in [2.45, 2.75) is 38.9 Å². The molecule has 1 aliphatic rings. The zero-order valence-corrected chi connectivity index (χ0v) is 15.8. The molecule has 1 aliphatic heterocycles. The highest BCUT2D eigenvalue weighted by molar-refractivity contribution is 6.01. The van der Waals surface area contributed by atoms with Gasteiger partial charge in [0.25, 0.3) is 5.91 Å². The molecule has 2 aromatic rings. The molecule has 3 atom stereocenters. The van der Waals surface area contributed by atoms with Gasteiger partial charge < -0.3 is 15.3 Å². The predicted octanol–water partition coefficient (Wildman–Crippen LogP) is 2.91. The van der Waals surface area contributed by atoms with Gasteiger partial charge in [0.2, 0.25) is 5.91 Å². The van der Waals surface area contributed by atoms with Crippen LogP contribution in [0.15, 0.2) is 54.6 Å². The highest BCUT2D eigenvalue weighted by Gasteiger charge is 2.38. The van der Waals surface area contributed by atoms with Crippen LogP contribution in [0.25, 0.3) is 0 Å². The summed E-state index contributed by atoms with van der Waals surface area (Å²) in [7, 11) is 0. The number of rotatable bonds is 7. The van der Waals surface area contributed by atoms with Crippen LogP contribution in [0.3, 0.4) is 0 Å². The number of aliphatic hydroxyl groups is 1. The van der Waals surface area contributed by atoms with E-state index in [0.29, 0.717) is 12.1 Å². The number of aliphatic hydroxyl groups excluding tert-OH is 1. The molecule has 0 bridgehead atoms. The quantitative estimate of drug-likeness (QED) is 0.792. The van der Waals surface area contributed by atoms with Crippen LogP contribution in [0.1, 0.15) is 47.8 Å². The van der Waals surface area contributed by atoms with E-state index in [2.05, 4.69) is 5.32 Å². The minimum atomic E-state index is -0.732. The van der Waals surface area contributed by atoms with Gasteiger partial charge in [-0.2, -0.15) is 0 Å². The summed E-state index contributed by atoms with van der Waals surface area (Å²) in [6.07, 6.45) is 0.843. The number of hydrogen-bond acceptors (Lipinski definition) is 3. The van der Waals surface area contributed by atoms with Gasteiger partial charge in [-0.05, 0) is 23.1 Å². The molecule has 0 radical (unpaired) electrons. The SMILES string of the molecule is CC[C@H](C)[C@@H](CO)NC(=O)[C@H](c1ccccc1)N1Cc2ccccc2C1=O. The third-order valence-electron chi connectivity index (χ3n) is 5.38. The van der Waals surface area contributed by atoms with Crippen molar-refractivity contribution in [1.29, 1.82) is 0 Å². The molecule has 142 valence electrons. The molecule has 0 unspecified atom stereocenters. The minimum absolute atomic E-state index is 0.129. The van der Waals surface area contributed by atoms with Crippen LogP contribution in [0.2, 0.25) is 0 Å². The molecule has 1 heterocycles. The monoisotopic (exact) mass is 366 g/mol. The summed E-state index contributed by atoms with van der Waals surface area (Å²) >= 11 is 0. The van der Waals surface area contributed by atoms with E-state index in [1.54, 1.807) is 11.0 Å². The maximum atomic E-state index is 13.2. The van der Waals surface area contributed by atoms with Crippen LogP contribution in [0, 0.1) is 5.92 Å². The van der Waals surface area contributed by atoms with E-state index in [4.69, 9.17) is 0 Å². The van der Waals surface area contributed by atoms with Gasteiger partial charge in [-0.1, -0.05) is 68.8 Å². The molecular weight excluding hydrogens is 340 g/mol. The molecule has 3 rings (SSSR count). The Labute approximate surface area is 160 Å². The Bertz CT molecular complexity index is 806. The van der Waals surface area contributed by atoms with E-state index in [0.717, 1.165) is 17.5 Å². The van der Waals surface area contributed by atoms with Crippen LogP contribution >= 0.6 is 0 Å². The van der Waals surface area contributed by atoms with Gasteiger partial charge in [-0.15, -0.1) is 0 Å². The number of nitrogens with zero attached hydrogens (tertiary/aromatic N) is 1. The van der Waals surface area contributed by atoms with Crippen LogP contribution in [0.5, 0.6) is 0 Å². The first-order valence-corrected chi connectivity index (χ1v) is 9.41. The van der Waals surface area contributed by atoms with E-state index in [9.17, 15) is 14.7 Å². The molecule has 0 spiro atoms. The number of amides is 2. The smallest absolute Gasteiger partial charge is 0.255 e. The fraction of sp³-hybridized carbons (Fsp3) is 0.364. The van der Waals surface area contributed by atoms with Crippen molar-refractivity contribution in [2.24, 2.45) is 5.92 Å². The summed E-state index contributed by atoms with van der Waals surface area (Å²) < 4.78 is 0. The summed E-state index contributed by atoms with van der Waals surface area (Å²) in [5.41, 5.74) is 2.33. The van der Waals surface area contributed by atoms with Gasteiger partial charge in [0.1, 0.15) is 6.04 Å². The molecule has 0 aromatic heterocycles. The lowest BCUT2D eigenvalue weighted by molar-refractivity contribution is -0.127. The normalized spacial score (nSPS) is 16.6. The molecule has 5 heteroatoms. The molecule has 0 aliphatic carbocycles. The molecule has 5 nitrogen and oxygen atoms in total. The maximum absolute atomic E-state index is 13.2. The summed E-state index contributed by atoms with van der Waals surface area (Å²) in [5.74, 6) is -0.262. The van der Waals surface area contributed by atoms with E-state index in [1.165, 1.54) is 0 Å². The zero-order valence-electron chi connectivity index (χ0n) is 15.8. The second kappa shape index (κ2) is 8.35. The summed E-state index contributed by atoms with van der Waals surface area (Å²) in [6, 6.07) is 15.7. The Hall–Kier alpha value is -2.66. The Balaban J connectivity index is 1.91. The topological polar surface area (TPSA) is 69.6 Å². The van der Waals surface area contributed by atoms with Crippen LogP contribution < -0.4 is 5.32 Å². The molecule has 2 amide bonds. The van der Waals surface area contributed by atoms with Crippen molar-refractivity contribution in [3.63, 3.8) is 0 Å². The predicted molar refractivity (Wildman–Crippen MR) is 104 cm³/mol. The van der Waals surface area contributed by atoms with Gasteiger partial charge in [-0.3, -0.25) is 9.59 Å². The van der Waals surface area contributed by atoms with E-state index < -0.39 is 6.04 Å². The third-order valence-corrected chi connectivity index (χ3v) is 5.38. The Morgan fingerprint density at radius 1 is 1.15 bits per heavy atom. The maximum Gasteiger partial charge on any atom is 0.255 e. The average Bonchev–Trinajstić information content (AvgIpc) is 3.03. The van der Waals surface area contributed by atoms with Crippen LogP contribution in [-0.2, 0) is 11.3 Å². The lowest BCUT2D eigenvalue weighted by Gasteiger charge is -2.30. The number of carbonyl (C=O) groups is 2. The van der Waals surface area contributed by atoms with Gasteiger partial charge in [0.05, 0.1) is 12.6 Å². The van der Waals surface area contributed by atoms with Crippen molar-refractivity contribution >= 4 is 11.8 Å². The molecule has 2 N–H and O–H groups in total. The fourth-order valence-electron chi connectivity index (χ4n) is 3.51. The van der Waals surface area contributed by atoms with Gasteiger partial charge in [0.15, 0.2) is 0 Å². The molecule has 0 saturated heterocycles. The van der Waals surface area contributed by atoms with Crippen molar-refractivity contribution < 1.29 is 14.7 Å². The molecule has 0 saturated carbocycles. The summed E-state index contributed by atoms with van der Waals surface area (Å²) in [4.78, 5) is 27.8. The van der Waals surface area contributed by atoms with Crippen molar-refractivity contribution in [1.82, 2.24) is 10.2 Å². The Morgan fingerprint density at radius 3 is 2.44 bits per heavy atom. The zero-order chi connectivity index (χ0) is 19.4. The van der Waals surface area contributed by atoms with Gasteiger partial charge in [-0.25, -0.2) is 0 Å². The van der Waals surface area contributed by atoms with Gasteiger partial charge in [0, 0.05) is 12.1 Å². The first-order chi connectivity index (χ1) is 13.1. The number of benzene rings is 2. The number of hydrogen-bond donors (Lipinski definition) is 2. The summed E-state index contributed by atoms with van der Waals surface area (Å²) in [6.45, 7) is 4.29. The average molecular weight is 366 g/mol. The second-order valence-corrected chi connectivity index (χ2v) is 7.09.